The molecule has 0 atom stereocenters. The third-order valence-corrected chi connectivity index (χ3v) is 2.82. The summed E-state index contributed by atoms with van der Waals surface area (Å²) in [6.07, 6.45) is 8.16. The Morgan fingerprint density at radius 2 is 1.78 bits per heavy atom. The van der Waals surface area contributed by atoms with Crippen molar-refractivity contribution in [3.8, 4) is 0 Å². The second-order valence-corrected chi connectivity index (χ2v) is 3.36. The van der Waals surface area contributed by atoms with Crippen LogP contribution in [0.3, 0.4) is 0 Å². The van der Waals surface area contributed by atoms with Crippen LogP contribution in [0.25, 0.3) is 0 Å². The first-order chi connectivity index (χ1) is 4.41. The fourth-order valence-electron chi connectivity index (χ4n) is 1.93. The standard InChI is InChI=1S/C8H14N/c1-2-8(3-1)4-6-9-7-5-8/h2,9H,1,3-7H2. The fourth-order valence-corrected chi connectivity index (χ4v) is 1.93. The summed E-state index contributed by atoms with van der Waals surface area (Å²) >= 11 is 0. The number of nitrogens with one attached hydrogen (secondary N) is 1. The van der Waals surface area contributed by atoms with Crippen LogP contribution in [0.4, 0.5) is 0 Å². The Kier molecular flexibility index (Phi) is 1.26. The van der Waals surface area contributed by atoms with Crippen molar-refractivity contribution >= 4 is 0 Å². The van der Waals surface area contributed by atoms with Crippen LogP contribution < -0.4 is 5.32 Å². The zero-order valence-corrected chi connectivity index (χ0v) is 5.82. The van der Waals surface area contributed by atoms with Gasteiger partial charge in [-0.15, -0.1) is 0 Å². The van der Waals surface area contributed by atoms with Gasteiger partial charge < -0.3 is 5.32 Å². The van der Waals surface area contributed by atoms with E-state index in [2.05, 4.69) is 11.7 Å². The Morgan fingerprint density at radius 1 is 1.11 bits per heavy atom. The maximum absolute atomic E-state index is 3.39. The molecular weight excluding hydrogens is 110 g/mol. The van der Waals surface area contributed by atoms with Gasteiger partial charge in [0.2, 0.25) is 0 Å². The van der Waals surface area contributed by atoms with Crippen molar-refractivity contribution in [3.63, 3.8) is 0 Å². The summed E-state index contributed by atoms with van der Waals surface area (Å²) in [6, 6.07) is 0. The molecule has 2 aliphatic rings. The van der Waals surface area contributed by atoms with Gasteiger partial charge in [0.1, 0.15) is 0 Å². The van der Waals surface area contributed by atoms with Gasteiger partial charge in [-0.3, -0.25) is 0 Å². The van der Waals surface area contributed by atoms with E-state index in [9.17, 15) is 0 Å². The van der Waals surface area contributed by atoms with Crippen LogP contribution in [0.2, 0.25) is 0 Å². The van der Waals surface area contributed by atoms with E-state index in [0.29, 0.717) is 5.41 Å². The Labute approximate surface area is 56.8 Å². The number of hydrogen-bond donors (Lipinski definition) is 1. The molecule has 51 valence electrons. The molecule has 1 saturated heterocycles. The third kappa shape index (κ3) is 0.877. The summed E-state index contributed by atoms with van der Waals surface area (Å²) in [7, 11) is 0. The third-order valence-electron chi connectivity index (χ3n) is 2.82. The van der Waals surface area contributed by atoms with Gasteiger partial charge in [-0.1, -0.05) is 0 Å². The lowest BCUT2D eigenvalue weighted by molar-refractivity contribution is 0.163. The molecule has 1 radical (unpaired) electrons. The molecule has 0 bridgehead atoms. The first-order valence-corrected chi connectivity index (χ1v) is 3.96. The quantitative estimate of drug-likeness (QED) is 0.514. The van der Waals surface area contributed by atoms with E-state index in [1.165, 1.54) is 38.8 Å². The lowest BCUT2D eigenvalue weighted by atomic mass is 9.63. The molecule has 0 aromatic heterocycles. The van der Waals surface area contributed by atoms with Crippen molar-refractivity contribution in [3.05, 3.63) is 6.42 Å². The van der Waals surface area contributed by atoms with Crippen molar-refractivity contribution in [2.24, 2.45) is 5.41 Å². The van der Waals surface area contributed by atoms with Gasteiger partial charge in [0.15, 0.2) is 0 Å². The second kappa shape index (κ2) is 1.98. The summed E-state index contributed by atoms with van der Waals surface area (Å²) < 4.78 is 0. The Morgan fingerprint density at radius 3 is 2.11 bits per heavy atom. The van der Waals surface area contributed by atoms with Gasteiger partial charge in [-0.2, -0.15) is 0 Å². The van der Waals surface area contributed by atoms with Gasteiger partial charge in [0, 0.05) is 0 Å². The van der Waals surface area contributed by atoms with E-state index in [-0.39, 0.29) is 0 Å². The highest BCUT2D eigenvalue weighted by Gasteiger charge is 2.37. The highest BCUT2D eigenvalue weighted by atomic mass is 14.9. The van der Waals surface area contributed by atoms with Crippen molar-refractivity contribution in [1.82, 2.24) is 5.32 Å². The van der Waals surface area contributed by atoms with E-state index in [1.807, 2.05) is 0 Å². The molecule has 1 nitrogen and oxygen atoms in total. The van der Waals surface area contributed by atoms with Crippen LogP contribution in [0.15, 0.2) is 0 Å². The highest BCUT2D eigenvalue weighted by Crippen LogP contribution is 2.46. The van der Waals surface area contributed by atoms with Crippen LogP contribution in [-0.2, 0) is 0 Å². The van der Waals surface area contributed by atoms with Gasteiger partial charge in [-0.05, 0) is 50.6 Å². The van der Waals surface area contributed by atoms with Crippen LogP contribution >= 0.6 is 0 Å². The summed E-state index contributed by atoms with van der Waals surface area (Å²) in [5.74, 6) is 0. The van der Waals surface area contributed by atoms with Crippen molar-refractivity contribution < 1.29 is 0 Å². The molecule has 9 heavy (non-hydrogen) atoms. The zero-order valence-electron chi connectivity index (χ0n) is 5.82. The van der Waals surface area contributed by atoms with Crippen molar-refractivity contribution in [2.45, 2.75) is 25.7 Å². The molecule has 1 N–H and O–H groups in total. The molecule has 2 rings (SSSR count). The average molecular weight is 124 g/mol. The summed E-state index contributed by atoms with van der Waals surface area (Å²) in [5.41, 5.74) is 0.714. The number of hydrogen-bond acceptors (Lipinski definition) is 1. The number of rotatable bonds is 0. The molecule has 0 aromatic carbocycles. The lowest BCUT2D eigenvalue weighted by Gasteiger charge is -2.44. The topological polar surface area (TPSA) is 12.0 Å². The smallest absolute Gasteiger partial charge is 0.00435 e. The Bertz CT molecular complexity index is 97.1. The predicted molar refractivity (Wildman–Crippen MR) is 38.1 cm³/mol. The average Bonchev–Trinajstić information content (AvgIpc) is 1.87. The Hall–Kier alpha value is -0.0400. The van der Waals surface area contributed by atoms with Gasteiger partial charge >= 0.3 is 0 Å². The number of piperidine rings is 1. The summed E-state index contributed by atoms with van der Waals surface area (Å²) in [5, 5.41) is 3.39. The van der Waals surface area contributed by atoms with Gasteiger partial charge in [0.05, 0.1) is 0 Å². The van der Waals surface area contributed by atoms with Crippen LogP contribution in [-0.4, -0.2) is 13.1 Å². The lowest BCUT2D eigenvalue weighted by Crippen LogP contribution is -2.41. The molecule has 1 heterocycles. The molecule has 0 aromatic rings. The maximum Gasteiger partial charge on any atom is -0.00435 e. The maximum atomic E-state index is 3.39. The zero-order chi connectivity index (χ0) is 6.16. The Balaban J connectivity index is 1.93. The molecule has 2 fully saturated rings. The van der Waals surface area contributed by atoms with E-state index < -0.39 is 0 Å². The monoisotopic (exact) mass is 124 g/mol. The van der Waals surface area contributed by atoms with Crippen LogP contribution in [0.5, 0.6) is 0 Å². The molecule has 0 unspecified atom stereocenters. The second-order valence-electron chi connectivity index (χ2n) is 3.36. The van der Waals surface area contributed by atoms with Crippen LogP contribution in [0, 0.1) is 11.8 Å². The molecular formula is C8H14N. The van der Waals surface area contributed by atoms with Crippen molar-refractivity contribution in [1.29, 1.82) is 0 Å². The molecule has 0 amide bonds. The summed E-state index contributed by atoms with van der Waals surface area (Å²) in [4.78, 5) is 0. The predicted octanol–water partition coefficient (Wildman–Crippen LogP) is 1.35. The first-order valence-electron chi connectivity index (χ1n) is 3.96. The highest BCUT2D eigenvalue weighted by molar-refractivity contribution is 5.03. The van der Waals surface area contributed by atoms with E-state index in [0.717, 1.165) is 0 Å². The SMILES string of the molecule is [CH]1CCC12CCNCC2. The minimum absolute atomic E-state index is 0.714. The molecule has 1 aliphatic heterocycles. The van der Waals surface area contributed by atoms with E-state index in [4.69, 9.17) is 0 Å². The molecule has 1 heteroatoms. The summed E-state index contributed by atoms with van der Waals surface area (Å²) in [6.45, 7) is 2.49. The fraction of sp³-hybridized carbons (Fsp3) is 0.875. The van der Waals surface area contributed by atoms with Crippen molar-refractivity contribution in [2.75, 3.05) is 13.1 Å². The van der Waals surface area contributed by atoms with E-state index >= 15 is 0 Å². The minimum atomic E-state index is 0.714. The molecule has 1 aliphatic carbocycles. The molecule has 1 spiro atoms. The normalized spacial score (nSPS) is 32.0. The molecule has 1 saturated carbocycles. The van der Waals surface area contributed by atoms with Crippen LogP contribution in [0.1, 0.15) is 25.7 Å². The van der Waals surface area contributed by atoms with Gasteiger partial charge in [0.25, 0.3) is 0 Å². The van der Waals surface area contributed by atoms with Gasteiger partial charge in [-0.25, -0.2) is 0 Å². The first kappa shape index (κ1) is 5.72. The van der Waals surface area contributed by atoms with E-state index in [1.54, 1.807) is 0 Å². The largest absolute Gasteiger partial charge is 0.317 e. The minimum Gasteiger partial charge on any atom is -0.317 e.